The molecule has 0 aliphatic heterocycles. The van der Waals surface area contributed by atoms with Gasteiger partial charge in [-0.3, -0.25) is 14.4 Å². The molecule has 3 N–H and O–H groups in total. The van der Waals surface area contributed by atoms with Gasteiger partial charge in [0.15, 0.2) is 0 Å². The lowest BCUT2D eigenvalue weighted by Gasteiger charge is -2.20. The number of carbonyl (C=O) groups excluding carboxylic acids is 2. The van der Waals surface area contributed by atoms with E-state index < -0.39 is 11.4 Å². The number of carbonyl (C=O) groups is 3. The standard InChI is InChI=1S/C23H28N2O4/c1-14(2)12-20(26)25-19-11-6-16(13-15(19)3)21(27)24-18-9-7-17(8-10-18)23(4,5)22(28)29/h6-11,13-14H,12H2,1-5H3,(H,24,27)(H,25,26)(H,28,29). The molecule has 0 radical (unpaired) electrons. The van der Waals surface area contributed by atoms with Crippen LogP contribution in [0.3, 0.4) is 0 Å². The van der Waals surface area contributed by atoms with Crippen LogP contribution in [-0.4, -0.2) is 22.9 Å². The average Bonchev–Trinajstić information content (AvgIpc) is 2.63. The fourth-order valence-corrected chi connectivity index (χ4v) is 2.81. The van der Waals surface area contributed by atoms with Crippen molar-refractivity contribution < 1.29 is 19.5 Å². The number of carboxylic acid groups (broad SMARTS) is 1. The lowest BCUT2D eigenvalue weighted by molar-refractivity contribution is -0.142. The smallest absolute Gasteiger partial charge is 0.313 e. The molecule has 0 aliphatic carbocycles. The highest BCUT2D eigenvalue weighted by Crippen LogP contribution is 2.25. The van der Waals surface area contributed by atoms with Crippen molar-refractivity contribution in [1.29, 1.82) is 0 Å². The second-order valence-electron chi connectivity index (χ2n) is 8.14. The van der Waals surface area contributed by atoms with Gasteiger partial charge in [0.2, 0.25) is 5.91 Å². The summed E-state index contributed by atoms with van der Waals surface area (Å²) in [6.07, 6.45) is 0.441. The summed E-state index contributed by atoms with van der Waals surface area (Å²) in [6, 6.07) is 11.9. The summed E-state index contributed by atoms with van der Waals surface area (Å²) in [5.74, 6) is -0.971. The van der Waals surface area contributed by atoms with Crippen molar-refractivity contribution in [3.63, 3.8) is 0 Å². The summed E-state index contributed by atoms with van der Waals surface area (Å²) >= 11 is 0. The minimum absolute atomic E-state index is 0.0512. The SMILES string of the molecule is Cc1cc(C(=O)Nc2ccc(C(C)(C)C(=O)O)cc2)ccc1NC(=O)CC(C)C. The van der Waals surface area contributed by atoms with Crippen LogP contribution >= 0.6 is 0 Å². The van der Waals surface area contributed by atoms with Gasteiger partial charge < -0.3 is 15.7 Å². The molecule has 2 aromatic carbocycles. The Labute approximate surface area is 171 Å². The lowest BCUT2D eigenvalue weighted by atomic mass is 9.85. The van der Waals surface area contributed by atoms with Gasteiger partial charge in [-0.15, -0.1) is 0 Å². The molecule has 0 fully saturated rings. The molecule has 0 aliphatic rings. The maximum Gasteiger partial charge on any atom is 0.313 e. The maximum atomic E-state index is 12.5. The van der Waals surface area contributed by atoms with E-state index in [4.69, 9.17) is 0 Å². The summed E-state index contributed by atoms with van der Waals surface area (Å²) in [4.78, 5) is 35.8. The van der Waals surface area contributed by atoms with Gasteiger partial charge in [-0.05, 0) is 68.1 Å². The monoisotopic (exact) mass is 396 g/mol. The quantitative estimate of drug-likeness (QED) is 0.638. The van der Waals surface area contributed by atoms with Crippen molar-refractivity contribution in [3.8, 4) is 0 Å². The van der Waals surface area contributed by atoms with Gasteiger partial charge in [0.1, 0.15) is 0 Å². The first-order chi connectivity index (χ1) is 13.5. The normalized spacial score (nSPS) is 11.2. The Bertz CT molecular complexity index is 915. The zero-order valence-electron chi connectivity index (χ0n) is 17.5. The molecule has 0 atom stereocenters. The number of carboxylic acids is 1. The molecule has 0 saturated carbocycles. The van der Waals surface area contributed by atoms with E-state index >= 15 is 0 Å². The molecule has 6 heteroatoms. The molecule has 154 valence electrons. The van der Waals surface area contributed by atoms with E-state index in [-0.39, 0.29) is 17.7 Å². The lowest BCUT2D eigenvalue weighted by Crippen LogP contribution is -2.28. The van der Waals surface area contributed by atoms with Crippen LogP contribution in [0.25, 0.3) is 0 Å². The van der Waals surface area contributed by atoms with Gasteiger partial charge in [-0.25, -0.2) is 0 Å². The van der Waals surface area contributed by atoms with E-state index in [0.717, 1.165) is 5.56 Å². The van der Waals surface area contributed by atoms with Crippen LogP contribution in [0.2, 0.25) is 0 Å². The minimum Gasteiger partial charge on any atom is -0.481 e. The zero-order valence-corrected chi connectivity index (χ0v) is 17.5. The van der Waals surface area contributed by atoms with Gasteiger partial charge >= 0.3 is 5.97 Å². The number of hydrogen-bond acceptors (Lipinski definition) is 3. The van der Waals surface area contributed by atoms with E-state index in [0.29, 0.717) is 28.9 Å². The van der Waals surface area contributed by atoms with Gasteiger partial charge in [-0.1, -0.05) is 26.0 Å². The fraction of sp³-hybridized carbons (Fsp3) is 0.348. The number of rotatable bonds is 7. The molecule has 0 bridgehead atoms. The Balaban J connectivity index is 2.08. The van der Waals surface area contributed by atoms with Crippen LogP contribution in [0.5, 0.6) is 0 Å². The van der Waals surface area contributed by atoms with Crippen molar-refractivity contribution >= 4 is 29.2 Å². The molecular formula is C23H28N2O4. The third kappa shape index (κ3) is 5.67. The highest BCUT2D eigenvalue weighted by Gasteiger charge is 2.29. The molecule has 2 amide bonds. The molecule has 0 spiro atoms. The van der Waals surface area contributed by atoms with E-state index in [1.54, 1.807) is 56.3 Å². The molecule has 6 nitrogen and oxygen atoms in total. The third-order valence-corrected chi connectivity index (χ3v) is 4.76. The van der Waals surface area contributed by atoms with E-state index in [1.807, 2.05) is 20.8 Å². The summed E-state index contributed by atoms with van der Waals surface area (Å²) in [7, 11) is 0. The molecule has 0 heterocycles. The molecule has 0 aromatic heterocycles. The first-order valence-electron chi connectivity index (χ1n) is 9.56. The Morgan fingerprint density at radius 2 is 1.62 bits per heavy atom. The fourth-order valence-electron chi connectivity index (χ4n) is 2.81. The second-order valence-corrected chi connectivity index (χ2v) is 8.14. The van der Waals surface area contributed by atoms with Gasteiger partial charge in [0.25, 0.3) is 5.91 Å². The number of aliphatic carboxylic acids is 1. The largest absolute Gasteiger partial charge is 0.481 e. The first-order valence-corrected chi connectivity index (χ1v) is 9.56. The molecule has 29 heavy (non-hydrogen) atoms. The van der Waals surface area contributed by atoms with Crippen LogP contribution in [0, 0.1) is 12.8 Å². The number of hydrogen-bond donors (Lipinski definition) is 3. The third-order valence-electron chi connectivity index (χ3n) is 4.76. The van der Waals surface area contributed by atoms with Crippen LogP contribution in [-0.2, 0) is 15.0 Å². The van der Waals surface area contributed by atoms with Crippen LogP contribution < -0.4 is 10.6 Å². The first kappa shape index (κ1) is 22.1. The Morgan fingerprint density at radius 3 is 2.14 bits per heavy atom. The predicted octanol–water partition coefficient (Wildman–Crippen LogP) is 4.59. The highest BCUT2D eigenvalue weighted by molar-refractivity contribution is 6.05. The molecular weight excluding hydrogens is 368 g/mol. The van der Waals surface area contributed by atoms with E-state index in [2.05, 4.69) is 10.6 Å². The molecule has 2 rings (SSSR count). The van der Waals surface area contributed by atoms with Gasteiger partial charge in [0.05, 0.1) is 5.41 Å². The molecule has 0 saturated heterocycles. The Kier molecular flexibility index (Phi) is 6.80. The summed E-state index contributed by atoms with van der Waals surface area (Å²) in [6.45, 7) is 9.06. The molecule has 0 unspecified atom stereocenters. The van der Waals surface area contributed by atoms with Crippen molar-refractivity contribution in [1.82, 2.24) is 0 Å². The van der Waals surface area contributed by atoms with E-state index in [1.165, 1.54) is 0 Å². The zero-order chi connectivity index (χ0) is 21.8. The van der Waals surface area contributed by atoms with Crippen molar-refractivity contribution in [2.24, 2.45) is 5.92 Å². The average molecular weight is 396 g/mol. The second kappa shape index (κ2) is 8.90. The Morgan fingerprint density at radius 1 is 1.00 bits per heavy atom. The maximum absolute atomic E-state index is 12.5. The highest BCUT2D eigenvalue weighted by atomic mass is 16.4. The number of nitrogens with one attached hydrogen (secondary N) is 2. The number of aryl methyl sites for hydroxylation is 1. The van der Waals surface area contributed by atoms with Crippen LogP contribution in [0.1, 0.15) is 55.6 Å². The van der Waals surface area contributed by atoms with Crippen LogP contribution in [0.4, 0.5) is 11.4 Å². The van der Waals surface area contributed by atoms with Crippen molar-refractivity contribution in [2.45, 2.75) is 46.5 Å². The number of benzene rings is 2. The van der Waals surface area contributed by atoms with E-state index in [9.17, 15) is 19.5 Å². The van der Waals surface area contributed by atoms with Gasteiger partial charge in [-0.2, -0.15) is 0 Å². The molecule has 2 aromatic rings. The topological polar surface area (TPSA) is 95.5 Å². The minimum atomic E-state index is -1.00. The van der Waals surface area contributed by atoms with Crippen molar-refractivity contribution in [3.05, 3.63) is 59.2 Å². The van der Waals surface area contributed by atoms with Gasteiger partial charge in [0, 0.05) is 23.4 Å². The summed E-state index contributed by atoms with van der Waals surface area (Å²) in [5, 5.41) is 15.0. The summed E-state index contributed by atoms with van der Waals surface area (Å²) in [5.41, 5.74) is 2.18. The predicted molar refractivity (Wildman–Crippen MR) is 114 cm³/mol. The number of anilines is 2. The van der Waals surface area contributed by atoms with Crippen LogP contribution in [0.15, 0.2) is 42.5 Å². The summed E-state index contributed by atoms with van der Waals surface area (Å²) < 4.78 is 0. The Hall–Kier alpha value is -3.15. The number of amides is 2. The van der Waals surface area contributed by atoms with Crippen molar-refractivity contribution in [2.75, 3.05) is 10.6 Å².